The summed E-state index contributed by atoms with van der Waals surface area (Å²) in [4.78, 5) is 0. The number of ether oxygens (including phenoxy) is 1. The van der Waals surface area contributed by atoms with Gasteiger partial charge in [0.2, 0.25) is 0 Å². The predicted octanol–water partition coefficient (Wildman–Crippen LogP) is 8.30. The Hall–Kier alpha value is -2.44. The number of benzene rings is 2. The van der Waals surface area contributed by atoms with E-state index in [1.807, 2.05) is 0 Å². The molecule has 0 N–H and O–H groups in total. The van der Waals surface area contributed by atoms with Gasteiger partial charge in [-0.2, -0.15) is 13.2 Å². The third kappa shape index (κ3) is 6.05. The maximum Gasteiger partial charge on any atom is 0.412 e. The Labute approximate surface area is 177 Å². The molecular formula is C24H24F6O. The highest BCUT2D eigenvalue weighted by atomic mass is 19.4. The minimum Gasteiger partial charge on any atom is -0.459 e. The van der Waals surface area contributed by atoms with Gasteiger partial charge < -0.3 is 4.74 Å². The number of allylic oxidation sites excluding steroid dienone is 1. The fourth-order valence-electron chi connectivity index (χ4n) is 4.22. The summed E-state index contributed by atoms with van der Waals surface area (Å²) >= 11 is 0. The van der Waals surface area contributed by atoms with E-state index in [1.165, 1.54) is 18.6 Å². The van der Waals surface area contributed by atoms with Crippen molar-refractivity contribution in [1.82, 2.24) is 0 Å². The van der Waals surface area contributed by atoms with Crippen LogP contribution in [0.2, 0.25) is 0 Å². The number of alkyl halides is 3. The largest absolute Gasteiger partial charge is 0.459 e. The Bertz CT molecular complexity index is 903. The van der Waals surface area contributed by atoms with E-state index in [4.69, 9.17) is 0 Å². The molecule has 0 radical (unpaired) electrons. The van der Waals surface area contributed by atoms with E-state index in [9.17, 15) is 26.3 Å². The summed E-state index contributed by atoms with van der Waals surface area (Å²) in [6, 6.07) is 6.35. The molecule has 1 nitrogen and oxygen atoms in total. The van der Waals surface area contributed by atoms with Crippen LogP contribution in [0.5, 0.6) is 5.75 Å². The smallest absolute Gasteiger partial charge is 0.412 e. The molecule has 0 saturated heterocycles. The first-order valence-electron chi connectivity index (χ1n) is 10.4. The Kier molecular flexibility index (Phi) is 7.34. The quantitative estimate of drug-likeness (QED) is 0.323. The van der Waals surface area contributed by atoms with E-state index < -0.39 is 29.4 Å². The number of rotatable bonds is 6. The van der Waals surface area contributed by atoms with Crippen molar-refractivity contribution in [2.75, 3.05) is 0 Å². The van der Waals surface area contributed by atoms with Gasteiger partial charge in [-0.05, 0) is 66.8 Å². The van der Waals surface area contributed by atoms with Gasteiger partial charge in [0.25, 0.3) is 0 Å². The van der Waals surface area contributed by atoms with Crippen LogP contribution in [-0.4, -0.2) is 6.18 Å². The second-order valence-electron chi connectivity index (χ2n) is 7.98. The monoisotopic (exact) mass is 442 g/mol. The molecule has 0 spiro atoms. The highest BCUT2D eigenvalue weighted by Crippen LogP contribution is 2.39. The second-order valence-corrected chi connectivity index (χ2v) is 7.98. The van der Waals surface area contributed by atoms with Gasteiger partial charge in [-0.3, -0.25) is 0 Å². The zero-order valence-electron chi connectivity index (χ0n) is 17.1. The summed E-state index contributed by atoms with van der Waals surface area (Å²) in [6.07, 6.45) is 1.78. The molecule has 2 aromatic carbocycles. The van der Waals surface area contributed by atoms with Crippen molar-refractivity contribution < 1.29 is 31.1 Å². The Morgan fingerprint density at radius 1 is 0.935 bits per heavy atom. The van der Waals surface area contributed by atoms with Crippen molar-refractivity contribution in [3.8, 4) is 16.9 Å². The van der Waals surface area contributed by atoms with Gasteiger partial charge in [-0.25, -0.2) is 13.2 Å². The summed E-state index contributed by atoms with van der Waals surface area (Å²) in [7, 11) is 0. The van der Waals surface area contributed by atoms with Crippen molar-refractivity contribution in [1.29, 1.82) is 0 Å². The molecule has 3 rings (SSSR count). The predicted molar refractivity (Wildman–Crippen MR) is 107 cm³/mol. The van der Waals surface area contributed by atoms with Crippen LogP contribution in [0, 0.1) is 23.4 Å². The summed E-state index contributed by atoms with van der Waals surface area (Å²) in [6.45, 7) is 2.17. The lowest BCUT2D eigenvalue weighted by atomic mass is 9.77. The molecule has 1 aliphatic carbocycles. The molecule has 0 aromatic heterocycles. The van der Waals surface area contributed by atoms with Gasteiger partial charge >= 0.3 is 6.18 Å². The van der Waals surface area contributed by atoms with Crippen molar-refractivity contribution in [2.24, 2.45) is 5.92 Å². The van der Waals surface area contributed by atoms with Crippen LogP contribution in [0.1, 0.15) is 56.9 Å². The standard InChI is InChI=1S/C24H24F6O/c1-2-3-15-4-6-16(7-5-15)17-8-9-19(20(25)12-17)18-13-21(26)23(22(27)14-18)31-11-10-24(28,29)30/h8-16H,2-7H2,1H3. The van der Waals surface area contributed by atoms with Gasteiger partial charge in [0.1, 0.15) is 5.82 Å². The lowest BCUT2D eigenvalue weighted by molar-refractivity contribution is -0.0809. The molecule has 0 heterocycles. The molecule has 0 atom stereocenters. The molecule has 1 aliphatic rings. The first-order chi connectivity index (χ1) is 14.7. The van der Waals surface area contributed by atoms with Crippen LogP contribution < -0.4 is 4.74 Å². The normalized spacial score (nSPS) is 19.7. The SMILES string of the molecule is CCCC1CCC(c2ccc(-c3cc(F)c(OC=CC(F)(F)F)c(F)c3)c(F)c2)CC1. The van der Waals surface area contributed by atoms with Gasteiger partial charge in [0.15, 0.2) is 17.4 Å². The van der Waals surface area contributed by atoms with Crippen LogP contribution in [0.25, 0.3) is 11.1 Å². The zero-order valence-corrected chi connectivity index (χ0v) is 17.1. The number of halogens is 6. The minimum atomic E-state index is -4.67. The summed E-state index contributed by atoms with van der Waals surface area (Å²) in [5.74, 6) is -3.04. The third-order valence-corrected chi connectivity index (χ3v) is 5.76. The lowest BCUT2D eigenvalue weighted by Crippen LogP contribution is -2.13. The topological polar surface area (TPSA) is 9.23 Å². The lowest BCUT2D eigenvalue weighted by Gasteiger charge is -2.28. The molecule has 2 aromatic rings. The van der Waals surface area contributed by atoms with Gasteiger partial charge in [0, 0.05) is 5.56 Å². The zero-order chi connectivity index (χ0) is 22.6. The van der Waals surface area contributed by atoms with Crippen LogP contribution in [0.4, 0.5) is 26.3 Å². The highest BCUT2D eigenvalue weighted by molar-refractivity contribution is 5.66. The fourth-order valence-corrected chi connectivity index (χ4v) is 4.22. The fraction of sp³-hybridized carbons (Fsp3) is 0.417. The van der Waals surface area contributed by atoms with Crippen LogP contribution in [0.15, 0.2) is 42.7 Å². The van der Waals surface area contributed by atoms with E-state index in [0.717, 1.165) is 55.7 Å². The van der Waals surface area contributed by atoms with Crippen molar-refractivity contribution >= 4 is 0 Å². The molecule has 7 heteroatoms. The Balaban J connectivity index is 1.76. The molecule has 1 fully saturated rings. The molecule has 31 heavy (non-hydrogen) atoms. The summed E-state index contributed by atoms with van der Waals surface area (Å²) in [5, 5.41) is 0. The first-order valence-corrected chi connectivity index (χ1v) is 10.4. The van der Waals surface area contributed by atoms with Gasteiger partial charge in [0.05, 0.1) is 12.3 Å². The molecule has 0 amide bonds. The average Bonchev–Trinajstić information content (AvgIpc) is 2.70. The molecule has 0 unspecified atom stereocenters. The average molecular weight is 442 g/mol. The van der Waals surface area contributed by atoms with E-state index in [0.29, 0.717) is 0 Å². The maximum atomic E-state index is 14.8. The summed E-state index contributed by atoms with van der Waals surface area (Å²) < 4.78 is 84.0. The van der Waals surface area contributed by atoms with Crippen molar-refractivity contribution in [3.05, 3.63) is 65.7 Å². The third-order valence-electron chi connectivity index (χ3n) is 5.76. The number of hydrogen-bond acceptors (Lipinski definition) is 1. The van der Waals surface area contributed by atoms with E-state index >= 15 is 0 Å². The highest BCUT2D eigenvalue weighted by Gasteiger charge is 2.24. The van der Waals surface area contributed by atoms with Gasteiger partial charge in [-0.1, -0.05) is 31.9 Å². The number of hydrogen-bond donors (Lipinski definition) is 0. The maximum absolute atomic E-state index is 14.8. The van der Waals surface area contributed by atoms with Crippen LogP contribution >= 0.6 is 0 Å². The van der Waals surface area contributed by atoms with E-state index in [-0.39, 0.29) is 29.4 Å². The molecular weight excluding hydrogens is 418 g/mol. The van der Waals surface area contributed by atoms with Crippen molar-refractivity contribution in [3.63, 3.8) is 0 Å². The Morgan fingerprint density at radius 2 is 1.58 bits per heavy atom. The van der Waals surface area contributed by atoms with Crippen molar-refractivity contribution in [2.45, 2.75) is 57.5 Å². The molecule has 0 aliphatic heterocycles. The van der Waals surface area contributed by atoms with Crippen LogP contribution in [-0.2, 0) is 0 Å². The molecule has 0 bridgehead atoms. The minimum absolute atomic E-state index is 0.0126. The molecule has 1 saturated carbocycles. The van der Waals surface area contributed by atoms with Crippen LogP contribution in [0.3, 0.4) is 0 Å². The Morgan fingerprint density at radius 3 is 2.13 bits per heavy atom. The second kappa shape index (κ2) is 9.79. The molecule has 168 valence electrons. The van der Waals surface area contributed by atoms with E-state index in [1.54, 1.807) is 6.07 Å². The van der Waals surface area contributed by atoms with Gasteiger partial charge in [-0.15, -0.1) is 0 Å². The summed E-state index contributed by atoms with van der Waals surface area (Å²) in [5.41, 5.74) is 0.825. The van der Waals surface area contributed by atoms with E-state index in [2.05, 4.69) is 11.7 Å². The first kappa shape index (κ1) is 23.2.